The van der Waals surface area contributed by atoms with Crippen LogP contribution in [-0.2, 0) is 6.54 Å². The lowest BCUT2D eigenvalue weighted by molar-refractivity contribution is 0.464. The van der Waals surface area contributed by atoms with Gasteiger partial charge in [-0.3, -0.25) is 0 Å². The zero-order valence-electron chi connectivity index (χ0n) is 10.7. The molecular weight excluding hydrogens is 316 g/mol. The second-order valence-corrected chi connectivity index (χ2v) is 5.31. The Kier molecular flexibility index (Phi) is 3.67. The number of para-hydroxylation sites is 1. The monoisotopic (exact) mass is 328 g/mol. The van der Waals surface area contributed by atoms with Crippen LogP contribution in [0.5, 0.6) is 11.6 Å². The highest BCUT2D eigenvalue weighted by Gasteiger charge is 2.06. The van der Waals surface area contributed by atoms with Crippen molar-refractivity contribution in [3.63, 3.8) is 0 Å². The van der Waals surface area contributed by atoms with Crippen LogP contribution >= 0.6 is 15.9 Å². The molecule has 0 spiro atoms. The molecule has 100 valence electrons. The zero-order chi connectivity index (χ0) is 13.9. The summed E-state index contributed by atoms with van der Waals surface area (Å²) in [5.74, 6) is 1.31. The summed E-state index contributed by atoms with van der Waals surface area (Å²) < 4.78 is 6.81. The molecule has 0 bridgehead atoms. The third kappa shape index (κ3) is 2.66. The Hall–Kier alpha value is -1.91. The van der Waals surface area contributed by atoms with Crippen LogP contribution in [0.1, 0.15) is 5.56 Å². The first-order valence-electron chi connectivity index (χ1n) is 6.28. The fourth-order valence-corrected chi connectivity index (χ4v) is 2.33. The third-order valence-electron chi connectivity index (χ3n) is 3.03. The number of ether oxygens (including phenoxy) is 1. The van der Waals surface area contributed by atoms with E-state index in [0.717, 1.165) is 26.7 Å². The topological polar surface area (TPSA) is 48.1 Å². The molecule has 0 aliphatic rings. The second-order valence-electron chi connectivity index (χ2n) is 4.40. The quantitative estimate of drug-likeness (QED) is 0.781. The Balaban J connectivity index is 2.01. The number of hydrogen-bond acceptors (Lipinski definition) is 3. The molecule has 2 N–H and O–H groups in total. The number of fused-ring (bicyclic) bond motifs is 1. The van der Waals surface area contributed by atoms with E-state index in [-0.39, 0.29) is 0 Å². The standard InChI is InChI=1S/C16H13BrN2O/c17-12-5-7-13(8-6-12)20-16-9-11(10-18)14-3-1-2-4-15(14)19-16/h1-9H,10,18H2. The van der Waals surface area contributed by atoms with Crippen LogP contribution in [0, 0.1) is 0 Å². The van der Waals surface area contributed by atoms with Crippen molar-refractivity contribution in [1.82, 2.24) is 4.98 Å². The molecule has 0 fully saturated rings. The van der Waals surface area contributed by atoms with Crippen molar-refractivity contribution >= 4 is 26.8 Å². The minimum atomic E-state index is 0.458. The molecule has 1 aromatic heterocycles. The highest BCUT2D eigenvalue weighted by atomic mass is 79.9. The summed E-state index contributed by atoms with van der Waals surface area (Å²) in [7, 11) is 0. The predicted molar refractivity (Wildman–Crippen MR) is 83.9 cm³/mol. The van der Waals surface area contributed by atoms with E-state index in [9.17, 15) is 0 Å². The minimum absolute atomic E-state index is 0.458. The normalized spacial score (nSPS) is 10.7. The van der Waals surface area contributed by atoms with E-state index in [1.165, 1.54) is 0 Å². The number of benzene rings is 2. The number of rotatable bonds is 3. The summed E-state index contributed by atoms with van der Waals surface area (Å²) in [6.07, 6.45) is 0. The van der Waals surface area contributed by atoms with E-state index >= 15 is 0 Å². The highest BCUT2D eigenvalue weighted by molar-refractivity contribution is 9.10. The van der Waals surface area contributed by atoms with E-state index in [1.807, 2.05) is 54.6 Å². The van der Waals surface area contributed by atoms with Crippen LogP contribution in [0.3, 0.4) is 0 Å². The van der Waals surface area contributed by atoms with Crippen molar-refractivity contribution in [1.29, 1.82) is 0 Å². The second kappa shape index (κ2) is 5.61. The SMILES string of the molecule is NCc1cc(Oc2ccc(Br)cc2)nc2ccccc12. The number of nitrogens with zero attached hydrogens (tertiary/aromatic N) is 1. The Morgan fingerprint density at radius 2 is 1.80 bits per heavy atom. The van der Waals surface area contributed by atoms with Crippen LogP contribution in [0.4, 0.5) is 0 Å². The number of halogens is 1. The summed E-state index contributed by atoms with van der Waals surface area (Å²) in [5.41, 5.74) is 7.73. The van der Waals surface area contributed by atoms with Gasteiger partial charge in [0.2, 0.25) is 5.88 Å². The summed E-state index contributed by atoms with van der Waals surface area (Å²) >= 11 is 3.40. The number of pyridine rings is 1. The van der Waals surface area contributed by atoms with Crippen molar-refractivity contribution in [3.05, 3.63) is 64.6 Å². The van der Waals surface area contributed by atoms with Gasteiger partial charge in [0.1, 0.15) is 5.75 Å². The average molecular weight is 329 g/mol. The largest absolute Gasteiger partial charge is 0.439 e. The van der Waals surface area contributed by atoms with Crippen LogP contribution < -0.4 is 10.5 Å². The van der Waals surface area contributed by atoms with E-state index in [1.54, 1.807) is 0 Å². The molecule has 0 aliphatic carbocycles. The number of nitrogens with two attached hydrogens (primary N) is 1. The molecule has 3 aromatic rings. The van der Waals surface area contributed by atoms with Crippen LogP contribution in [0.2, 0.25) is 0 Å². The number of hydrogen-bond donors (Lipinski definition) is 1. The van der Waals surface area contributed by atoms with Gasteiger partial charge in [0.05, 0.1) is 5.52 Å². The van der Waals surface area contributed by atoms with Crippen molar-refractivity contribution in [2.24, 2.45) is 5.73 Å². The summed E-state index contributed by atoms with van der Waals surface area (Å²) in [5, 5.41) is 1.07. The van der Waals surface area contributed by atoms with Crippen molar-refractivity contribution in [3.8, 4) is 11.6 Å². The van der Waals surface area contributed by atoms with Crippen LogP contribution in [0.15, 0.2) is 59.1 Å². The van der Waals surface area contributed by atoms with Gasteiger partial charge >= 0.3 is 0 Å². The Morgan fingerprint density at radius 1 is 1.05 bits per heavy atom. The lowest BCUT2D eigenvalue weighted by Crippen LogP contribution is -1.99. The smallest absolute Gasteiger partial charge is 0.220 e. The maximum Gasteiger partial charge on any atom is 0.220 e. The van der Waals surface area contributed by atoms with E-state index in [2.05, 4.69) is 20.9 Å². The molecule has 1 heterocycles. The van der Waals surface area contributed by atoms with Gasteiger partial charge in [0, 0.05) is 22.5 Å². The van der Waals surface area contributed by atoms with Gasteiger partial charge in [-0.15, -0.1) is 0 Å². The molecule has 2 aromatic carbocycles. The van der Waals surface area contributed by atoms with E-state index < -0.39 is 0 Å². The molecule has 3 nitrogen and oxygen atoms in total. The summed E-state index contributed by atoms with van der Waals surface area (Å²) in [6, 6.07) is 17.5. The summed E-state index contributed by atoms with van der Waals surface area (Å²) in [6.45, 7) is 0.458. The number of aromatic nitrogens is 1. The molecule has 0 saturated heterocycles. The molecule has 0 unspecified atom stereocenters. The van der Waals surface area contributed by atoms with Gasteiger partial charge in [-0.2, -0.15) is 0 Å². The predicted octanol–water partition coefficient (Wildman–Crippen LogP) is 4.25. The Bertz CT molecular complexity index is 741. The molecule has 20 heavy (non-hydrogen) atoms. The molecule has 0 saturated carbocycles. The molecule has 4 heteroatoms. The van der Waals surface area contributed by atoms with Gasteiger partial charge < -0.3 is 10.5 Å². The maximum atomic E-state index is 5.81. The molecule has 3 rings (SSSR count). The van der Waals surface area contributed by atoms with Gasteiger partial charge in [0.25, 0.3) is 0 Å². The van der Waals surface area contributed by atoms with Gasteiger partial charge in [-0.1, -0.05) is 34.1 Å². The fourth-order valence-electron chi connectivity index (χ4n) is 2.07. The Labute approximate surface area is 125 Å². The minimum Gasteiger partial charge on any atom is -0.439 e. The summed E-state index contributed by atoms with van der Waals surface area (Å²) in [4.78, 5) is 4.51. The van der Waals surface area contributed by atoms with Crippen molar-refractivity contribution in [2.45, 2.75) is 6.54 Å². The molecule has 0 radical (unpaired) electrons. The Morgan fingerprint density at radius 3 is 2.55 bits per heavy atom. The van der Waals surface area contributed by atoms with E-state index in [4.69, 9.17) is 10.5 Å². The van der Waals surface area contributed by atoms with Crippen molar-refractivity contribution < 1.29 is 4.74 Å². The molecular formula is C16H13BrN2O. The first-order valence-corrected chi connectivity index (χ1v) is 7.08. The van der Waals surface area contributed by atoms with Crippen LogP contribution in [-0.4, -0.2) is 4.98 Å². The average Bonchev–Trinajstić information content (AvgIpc) is 2.49. The highest BCUT2D eigenvalue weighted by Crippen LogP contribution is 2.26. The zero-order valence-corrected chi connectivity index (χ0v) is 12.3. The first kappa shape index (κ1) is 13.1. The van der Waals surface area contributed by atoms with Crippen molar-refractivity contribution in [2.75, 3.05) is 0 Å². The maximum absolute atomic E-state index is 5.81. The van der Waals surface area contributed by atoms with Gasteiger partial charge in [-0.25, -0.2) is 4.98 Å². The third-order valence-corrected chi connectivity index (χ3v) is 3.56. The molecule has 0 atom stereocenters. The molecule has 0 amide bonds. The first-order chi connectivity index (χ1) is 9.76. The fraction of sp³-hybridized carbons (Fsp3) is 0.0625. The lowest BCUT2D eigenvalue weighted by atomic mass is 10.1. The van der Waals surface area contributed by atoms with Gasteiger partial charge in [-0.05, 0) is 35.9 Å². The van der Waals surface area contributed by atoms with Crippen LogP contribution in [0.25, 0.3) is 10.9 Å². The van der Waals surface area contributed by atoms with Gasteiger partial charge in [0.15, 0.2) is 0 Å². The molecule has 0 aliphatic heterocycles. The van der Waals surface area contributed by atoms with E-state index in [0.29, 0.717) is 12.4 Å². The lowest BCUT2D eigenvalue weighted by Gasteiger charge is -2.09.